The molecule has 19 N–H and O–H groups in total. The van der Waals surface area contributed by atoms with Gasteiger partial charge in [-0.2, -0.15) is 11.8 Å². The molecule has 0 aliphatic rings. The lowest BCUT2D eigenvalue weighted by atomic mass is 10.0. The van der Waals surface area contributed by atoms with E-state index in [4.69, 9.17) is 22.9 Å². The van der Waals surface area contributed by atoms with Crippen molar-refractivity contribution in [1.82, 2.24) is 62.8 Å². The lowest BCUT2D eigenvalue weighted by molar-refractivity contribution is -0.135. The number of amides is 11. The van der Waals surface area contributed by atoms with Crippen molar-refractivity contribution in [3.63, 3.8) is 0 Å². The number of carbonyl (C=O) groups excluding carboxylic acids is 11. The highest BCUT2D eigenvalue weighted by atomic mass is 32.2. The number of thioether (sulfide) groups is 1. The van der Waals surface area contributed by atoms with E-state index in [0.717, 1.165) is 10.9 Å². The fourth-order valence-corrected chi connectivity index (χ4v) is 8.47. The number of primary amides is 2. The molecule has 0 saturated carbocycles. The maximum atomic E-state index is 14.2. The van der Waals surface area contributed by atoms with Crippen LogP contribution in [-0.2, 0) is 65.6 Å². The first-order valence-electron chi connectivity index (χ1n) is 26.1. The molecule has 0 spiro atoms. The van der Waals surface area contributed by atoms with Crippen LogP contribution in [0.3, 0.4) is 0 Å². The van der Waals surface area contributed by atoms with Gasteiger partial charge in [-0.25, -0.2) is 4.98 Å². The molecule has 0 radical (unpaired) electrons. The van der Waals surface area contributed by atoms with Crippen LogP contribution >= 0.6 is 11.8 Å². The summed E-state index contributed by atoms with van der Waals surface area (Å²) in [5, 5.41) is 24.3. The molecule has 28 heteroatoms. The minimum atomic E-state index is -1.36. The van der Waals surface area contributed by atoms with Gasteiger partial charge in [0.2, 0.25) is 65.0 Å². The van der Waals surface area contributed by atoms with Crippen LogP contribution in [0.25, 0.3) is 10.9 Å². The number of aromatic nitrogens is 3. The zero-order valence-electron chi connectivity index (χ0n) is 45.7. The van der Waals surface area contributed by atoms with Crippen molar-refractivity contribution in [3.05, 3.63) is 54.2 Å². The lowest BCUT2D eigenvalue weighted by Gasteiger charge is -2.26. The van der Waals surface area contributed by atoms with Crippen molar-refractivity contribution >= 4 is 87.6 Å². The molecule has 0 aliphatic heterocycles. The molecule has 3 aromatic rings. The SMILES string of the molecule is CSCC[C@H](NC(=O)[C@H](CC(C)C)NC(=O)[C@H](Cc1cnc[nH]1)NC(=O)CNC(=O)[C@@H](NC(=O)[C@H](C)NC(=O)[C@H](Cc1c[nH]c2ccccc12)NC(=O)[C@H](CCC(N)=O)NC(=O)CCCCNC(=O)C(N)CN)C(C)C)C(N)=O. The molecule has 0 aliphatic carbocycles. The number of imidazole rings is 1. The number of para-hydroxylation sites is 1. The van der Waals surface area contributed by atoms with Gasteiger partial charge < -0.3 is 80.8 Å². The molecule has 2 heterocycles. The monoisotopic (exact) mass is 1120 g/mol. The fourth-order valence-electron chi connectivity index (χ4n) is 7.99. The molecule has 2 aromatic heterocycles. The second-order valence-corrected chi connectivity index (χ2v) is 20.8. The Balaban J connectivity index is 1.73. The van der Waals surface area contributed by atoms with E-state index in [1.54, 1.807) is 26.1 Å². The summed E-state index contributed by atoms with van der Waals surface area (Å²) in [7, 11) is 0. The van der Waals surface area contributed by atoms with Gasteiger partial charge in [0.25, 0.3) is 0 Å². The average molecular weight is 1130 g/mol. The number of unbranched alkanes of at least 4 members (excludes halogenated alkanes) is 1. The third-order valence-corrected chi connectivity index (χ3v) is 13.1. The second kappa shape index (κ2) is 33.6. The third kappa shape index (κ3) is 23.1. The van der Waals surface area contributed by atoms with Gasteiger partial charge in [0.05, 0.1) is 18.9 Å². The number of rotatable bonds is 36. The van der Waals surface area contributed by atoms with Gasteiger partial charge >= 0.3 is 0 Å². The molecule has 3 rings (SSSR count). The zero-order valence-corrected chi connectivity index (χ0v) is 46.5. The number of fused-ring (bicyclic) bond motifs is 1. The van der Waals surface area contributed by atoms with E-state index >= 15 is 0 Å². The van der Waals surface area contributed by atoms with Crippen molar-refractivity contribution in [2.75, 3.05) is 31.6 Å². The highest BCUT2D eigenvalue weighted by Gasteiger charge is 2.34. The summed E-state index contributed by atoms with van der Waals surface area (Å²) < 4.78 is 0. The summed E-state index contributed by atoms with van der Waals surface area (Å²) in [5.41, 5.74) is 23.8. The van der Waals surface area contributed by atoms with Crippen LogP contribution in [-0.4, -0.2) is 160 Å². The standard InChI is InChI=1S/C51H80N16O11S/c1-27(2)19-37(49(76)64-35(44(55)71)16-18-79-6)65-50(77)39(21-31-24-56-26-60-31)63-42(70)25-59-51(78)43(28(3)4)67-45(72)29(5)61-48(75)38(20-30-23-58-34-12-8-7-11-32(30)34)66-47(74)36(14-15-40(54)68)62-41(69)13-9-10-17-57-46(73)33(53)22-52/h7-8,11-12,23-24,26-29,33,35-39,43,58H,9-10,13-22,25,52-53H2,1-6H3,(H2,54,68)(H2,55,71)(H,56,60)(H,57,73)(H,59,78)(H,61,75)(H,62,69)(H,63,70)(H,64,76)(H,65,77)(H,66,74)(H,67,72)/t29-,33?,35-,36-,37-,38-,39-,43-/m0/s1. The van der Waals surface area contributed by atoms with Gasteiger partial charge in [0.1, 0.15) is 42.3 Å². The normalized spacial score (nSPS) is 14.3. The Morgan fingerprint density at radius 1 is 0.646 bits per heavy atom. The summed E-state index contributed by atoms with van der Waals surface area (Å²) in [5.74, 6) is -7.96. The number of nitrogens with two attached hydrogens (primary N) is 4. The minimum Gasteiger partial charge on any atom is -0.370 e. The van der Waals surface area contributed by atoms with E-state index in [1.807, 2.05) is 38.3 Å². The van der Waals surface area contributed by atoms with Crippen molar-refractivity contribution in [2.24, 2.45) is 34.8 Å². The predicted molar refractivity (Wildman–Crippen MR) is 295 cm³/mol. The summed E-state index contributed by atoms with van der Waals surface area (Å²) in [4.78, 5) is 155. The molecule has 0 fully saturated rings. The predicted octanol–water partition coefficient (Wildman–Crippen LogP) is -3.02. The smallest absolute Gasteiger partial charge is 0.243 e. The molecule has 0 bridgehead atoms. The Morgan fingerprint density at radius 2 is 1.28 bits per heavy atom. The van der Waals surface area contributed by atoms with Gasteiger partial charge in [-0.3, -0.25) is 52.7 Å². The summed E-state index contributed by atoms with van der Waals surface area (Å²) in [6.45, 7) is 7.85. The van der Waals surface area contributed by atoms with Crippen molar-refractivity contribution < 1.29 is 52.7 Å². The lowest BCUT2D eigenvalue weighted by Crippen LogP contribution is -2.59. The molecule has 1 unspecified atom stereocenters. The van der Waals surface area contributed by atoms with Crippen molar-refractivity contribution in [2.45, 2.75) is 141 Å². The van der Waals surface area contributed by atoms with E-state index < -0.39 is 126 Å². The van der Waals surface area contributed by atoms with Crippen LogP contribution in [0.2, 0.25) is 0 Å². The van der Waals surface area contributed by atoms with Gasteiger partial charge in [-0.05, 0) is 74.5 Å². The highest BCUT2D eigenvalue weighted by molar-refractivity contribution is 7.98. The molecule has 27 nitrogen and oxygen atoms in total. The molecule has 8 atom stereocenters. The molecule has 0 saturated heterocycles. The zero-order chi connectivity index (χ0) is 58.8. The van der Waals surface area contributed by atoms with Gasteiger partial charge in [-0.1, -0.05) is 45.9 Å². The number of nitrogens with one attached hydrogen (secondary N) is 11. The Labute approximate surface area is 463 Å². The molecule has 1 aromatic carbocycles. The van der Waals surface area contributed by atoms with E-state index in [2.05, 4.69) is 62.8 Å². The Morgan fingerprint density at radius 3 is 1.91 bits per heavy atom. The summed E-state index contributed by atoms with van der Waals surface area (Å²) in [6.07, 6.45) is 6.75. The van der Waals surface area contributed by atoms with E-state index in [0.29, 0.717) is 29.9 Å². The number of carbonyl (C=O) groups is 11. The summed E-state index contributed by atoms with van der Waals surface area (Å²) in [6, 6.07) is -2.24. The van der Waals surface area contributed by atoms with Gasteiger partial charge in [0.15, 0.2) is 0 Å². The number of benzene rings is 1. The van der Waals surface area contributed by atoms with Crippen LogP contribution in [0.1, 0.15) is 90.8 Å². The van der Waals surface area contributed by atoms with E-state index in [-0.39, 0.29) is 64.0 Å². The van der Waals surface area contributed by atoms with Crippen LogP contribution < -0.4 is 70.8 Å². The minimum absolute atomic E-state index is 0.0379. The first-order chi connectivity index (χ1) is 37.4. The number of H-pyrrole nitrogens is 2. The average Bonchev–Trinajstić information content (AvgIpc) is 4.11. The number of hydrogen-bond acceptors (Lipinski definition) is 15. The summed E-state index contributed by atoms with van der Waals surface area (Å²) >= 11 is 1.46. The van der Waals surface area contributed by atoms with Crippen molar-refractivity contribution in [1.29, 1.82) is 0 Å². The topological polar surface area (TPSA) is 445 Å². The van der Waals surface area contributed by atoms with Gasteiger partial charge in [-0.15, -0.1) is 0 Å². The van der Waals surface area contributed by atoms with E-state index in [1.165, 1.54) is 31.2 Å². The third-order valence-electron chi connectivity index (χ3n) is 12.4. The molecule has 11 amide bonds. The van der Waals surface area contributed by atoms with Crippen LogP contribution in [0, 0.1) is 11.8 Å². The molecule has 79 heavy (non-hydrogen) atoms. The maximum Gasteiger partial charge on any atom is 0.243 e. The first kappa shape index (κ1) is 65.7. The quantitative estimate of drug-likeness (QED) is 0.0258. The molecular weight excluding hydrogens is 1040 g/mol. The Hall–Kier alpha value is -7.59. The van der Waals surface area contributed by atoms with Crippen LogP contribution in [0.5, 0.6) is 0 Å². The van der Waals surface area contributed by atoms with Crippen LogP contribution in [0.4, 0.5) is 0 Å². The van der Waals surface area contributed by atoms with Gasteiger partial charge in [0, 0.05) is 67.8 Å². The van der Waals surface area contributed by atoms with E-state index in [9.17, 15) is 52.7 Å². The molecular formula is C51H80N16O11S. The van der Waals surface area contributed by atoms with Crippen LogP contribution in [0.15, 0.2) is 43.0 Å². The highest BCUT2D eigenvalue weighted by Crippen LogP contribution is 2.20. The number of hydrogen-bond donors (Lipinski definition) is 15. The maximum absolute atomic E-state index is 14.2. The second-order valence-electron chi connectivity index (χ2n) is 19.9. The number of aromatic amines is 2. The number of nitrogens with zero attached hydrogens (tertiary/aromatic N) is 1. The first-order valence-corrected chi connectivity index (χ1v) is 27.5. The Kier molecular flexibility index (Phi) is 28.0. The molecule has 436 valence electrons. The fraction of sp³-hybridized carbons (Fsp3) is 0.569. The largest absolute Gasteiger partial charge is 0.370 e. The Bertz CT molecular complexity index is 2540. The van der Waals surface area contributed by atoms with Crippen molar-refractivity contribution in [3.8, 4) is 0 Å².